The second kappa shape index (κ2) is 8.30. The number of para-hydroxylation sites is 2. The molecule has 162 valence electrons. The van der Waals surface area contributed by atoms with Crippen molar-refractivity contribution < 1.29 is 19.1 Å². The molecule has 3 heterocycles. The van der Waals surface area contributed by atoms with E-state index >= 15 is 0 Å². The highest BCUT2D eigenvalue weighted by molar-refractivity contribution is 7.29. The molecule has 0 saturated carbocycles. The van der Waals surface area contributed by atoms with Crippen LogP contribution in [0, 0.1) is 0 Å². The van der Waals surface area contributed by atoms with Gasteiger partial charge in [-0.2, -0.15) is 0 Å². The molecule has 0 radical (unpaired) electrons. The van der Waals surface area contributed by atoms with Gasteiger partial charge < -0.3 is 25.4 Å². The average Bonchev–Trinajstić information content (AvgIpc) is 3.32. The SMILES string of the molecule is COc1ccccc1Nc1nc2sc(C(=O)Nc3cc(Cl)cc4c3OCC(=O)N4)cc2s1. The summed E-state index contributed by atoms with van der Waals surface area (Å²) in [5.41, 5.74) is 1.62. The van der Waals surface area contributed by atoms with Crippen LogP contribution in [-0.2, 0) is 4.79 Å². The standard InChI is InChI=1S/C21H15ClN4O4S2/c1-29-14-5-3-2-4-11(14)25-21-26-20-16(32-21)8-15(31-20)19(28)24-13-7-10(22)6-12-18(13)30-9-17(27)23-12/h2-8H,9H2,1H3,(H,23,27)(H,24,28)(H,25,26). The summed E-state index contributed by atoms with van der Waals surface area (Å²) in [5, 5.41) is 9.83. The molecular formula is C21H15ClN4O4S2. The molecule has 4 aromatic rings. The zero-order chi connectivity index (χ0) is 22.2. The first-order chi connectivity index (χ1) is 15.5. The monoisotopic (exact) mass is 486 g/mol. The van der Waals surface area contributed by atoms with E-state index in [0.29, 0.717) is 32.2 Å². The Balaban J connectivity index is 1.36. The summed E-state index contributed by atoms with van der Waals surface area (Å²) in [4.78, 5) is 30.2. The minimum atomic E-state index is -0.315. The summed E-state index contributed by atoms with van der Waals surface area (Å²) < 4.78 is 11.7. The van der Waals surface area contributed by atoms with Crippen LogP contribution in [-0.4, -0.2) is 30.5 Å². The van der Waals surface area contributed by atoms with Gasteiger partial charge in [-0.05, 0) is 30.3 Å². The van der Waals surface area contributed by atoms with Gasteiger partial charge in [-0.3, -0.25) is 9.59 Å². The number of nitrogens with one attached hydrogen (secondary N) is 3. The van der Waals surface area contributed by atoms with Crippen LogP contribution in [0.25, 0.3) is 9.53 Å². The molecule has 32 heavy (non-hydrogen) atoms. The van der Waals surface area contributed by atoms with Gasteiger partial charge in [-0.1, -0.05) is 35.1 Å². The first kappa shape index (κ1) is 20.6. The molecule has 5 rings (SSSR count). The fourth-order valence-electron chi connectivity index (χ4n) is 3.21. The van der Waals surface area contributed by atoms with Crippen molar-refractivity contribution in [2.24, 2.45) is 0 Å². The van der Waals surface area contributed by atoms with Crippen LogP contribution >= 0.6 is 34.3 Å². The summed E-state index contributed by atoms with van der Waals surface area (Å²) in [6.07, 6.45) is 0. The van der Waals surface area contributed by atoms with Crippen molar-refractivity contribution >= 4 is 77.8 Å². The summed E-state index contributed by atoms with van der Waals surface area (Å²) >= 11 is 8.85. The van der Waals surface area contributed by atoms with E-state index in [2.05, 4.69) is 20.9 Å². The molecule has 0 bridgehead atoms. The predicted molar refractivity (Wildman–Crippen MR) is 127 cm³/mol. The normalized spacial score (nSPS) is 12.6. The smallest absolute Gasteiger partial charge is 0.265 e. The first-order valence-corrected chi connectivity index (χ1v) is 11.4. The van der Waals surface area contributed by atoms with Crippen molar-refractivity contribution in [2.75, 3.05) is 29.7 Å². The summed E-state index contributed by atoms with van der Waals surface area (Å²) in [6.45, 7) is -0.127. The lowest BCUT2D eigenvalue weighted by molar-refractivity contribution is -0.118. The molecule has 0 saturated heterocycles. The van der Waals surface area contributed by atoms with Crippen LogP contribution in [0.1, 0.15) is 9.67 Å². The minimum Gasteiger partial charge on any atom is -0.495 e. The van der Waals surface area contributed by atoms with Crippen molar-refractivity contribution in [3.05, 3.63) is 52.4 Å². The molecule has 0 atom stereocenters. The van der Waals surface area contributed by atoms with Gasteiger partial charge in [-0.15, -0.1) is 11.3 Å². The van der Waals surface area contributed by atoms with Gasteiger partial charge in [0.2, 0.25) is 0 Å². The number of hydrogen-bond acceptors (Lipinski definition) is 8. The highest BCUT2D eigenvalue weighted by atomic mass is 35.5. The minimum absolute atomic E-state index is 0.127. The van der Waals surface area contributed by atoms with E-state index in [-0.39, 0.29) is 18.4 Å². The Hall–Kier alpha value is -3.34. The van der Waals surface area contributed by atoms with E-state index in [1.165, 1.54) is 22.7 Å². The van der Waals surface area contributed by atoms with Crippen molar-refractivity contribution in [1.29, 1.82) is 0 Å². The Labute approximate surface area is 195 Å². The topological polar surface area (TPSA) is 102 Å². The summed E-state index contributed by atoms with van der Waals surface area (Å²) in [5.74, 6) is 0.500. The fraction of sp³-hybridized carbons (Fsp3) is 0.0952. The predicted octanol–water partition coefficient (Wildman–Crippen LogP) is 5.35. The Kier molecular flexibility index (Phi) is 5.33. The van der Waals surface area contributed by atoms with E-state index in [9.17, 15) is 9.59 Å². The molecule has 2 aromatic heterocycles. The molecular weight excluding hydrogens is 472 g/mol. The number of thiazole rings is 1. The maximum atomic E-state index is 12.9. The molecule has 0 spiro atoms. The number of thiophene rings is 1. The van der Waals surface area contributed by atoms with Crippen molar-refractivity contribution in [3.63, 3.8) is 0 Å². The van der Waals surface area contributed by atoms with E-state index in [0.717, 1.165) is 21.0 Å². The lowest BCUT2D eigenvalue weighted by Crippen LogP contribution is -2.26. The third kappa shape index (κ3) is 3.95. The lowest BCUT2D eigenvalue weighted by Gasteiger charge is -2.21. The van der Waals surface area contributed by atoms with Crippen LogP contribution in [0.4, 0.5) is 22.2 Å². The van der Waals surface area contributed by atoms with Crippen LogP contribution in [0.5, 0.6) is 11.5 Å². The Morgan fingerprint density at radius 3 is 2.88 bits per heavy atom. The van der Waals surface area contributed by atoms with Gasteiger partial charge in [0, 0.05) is 5.02 Å². The van der Waals surface area contributed by atoms with Crippen molar-refractivity contribution in [1.82, 2.24) is 4.98 Å². The molecule has 3 N–H and O–H groups in total. The van der Waals surface area contributed by atoms with Crippen LogP contribution in [0.2, 0.25) is 5.02 Å². The maximum Gasteiger partial charge on any atom is 0.265 e. The van der Waals surface area contributed by atoms with Gasteiger partial charge in [0.15, 0.2) is 17.5 Å². The Bertz CT molecular complexity index is 1340. The maximum absolute atomic E-state index is 12.9. The number of ether oxygens (including phenoxy) is 2. The zero-order valence-electron chi connectivity index (χ0n) is 16.5. The van der Waals surface area contributed by atoms with Gasteiger partial charge >= 0.3 is 0 Å². The number of benzene rings is 2. The van der Waals surface area contributed by atoms with E-state index < -0.39 is 0 Å². The van der Waals surface area contributed by atoms with Gasteiger partial charge in [0.25, 0.3) is 11.8 Å². The van der Waals surface area contributed by atoms with Gasteiger partial charge in [-0.25, -0.2) is 4.98 Å². The number of rotatable bonds is 5. The van der Waals surface area contributed by atoms with Crippen molar-refractivity contribution in [3.8, 4) is 11.5 Å². The third-order valence-electron chi connectivity index (χ3n) is 4.59. The molecule has 2 aromatic carbocycles. The second-order valence-corrected chi connectivity index (χ2v) is 9.24. The number of carbonyl (C=O) groups is 2. The molecule has 1 aliphatic rings. The highest BCUT2D eigenvalue weighted by Gasteiger charge is 2.23. The number of nitrogens with zero attached hydrogens (tertiary/aromatic N) is 1. The molecule has 2 amide bonds. The van der Waals surface area contributed by atoms with Gasteiger partial charge in [0.1, 0.15) is 10.6 Å². The number of amides is 2. The number of methoxy groups -OCH3 is 1. The number of fused-ring (bicyclic) bond motifs is 2. The van der Waals surface area contributed by atoms with Gasteiger partial charge in [0.05, 0.1) is 33.7 Å². The molecule has 0 unspecified atom stereocenters. The largest absolute Gasteiger partial charge is 0.495 e. The number of halogens is 1. The number of hydrogen-bond donors (Lipinski definition) is 3. The molecule has 0 aliphatic carbocycles. The molecule has 1 aliphatic heterocycles. The van der Waals surface area contributed by atoms with E-state index in [4.69, 9.17) is 21.1 Å². The van der Waals surface area contributed by atoms with Crippen LogP contribution < -0.4 is 25.4 Å². The van der Waals surface area contributed by atoms with Crippen LogP contribution in [0.3, 0.4) is 0 Å². The average molecular weight is 487 g/mol. The van der Waals surface area contributed by atoms with Crippen molar-refractivity contribution in [2.45, 2.75) is 0 Å². The number of carbonyl (C=O) groups excluding carboxylic acids is 2. The van der Waals surface area contributed by atoms with E-state index in [1.54, 1.807) is 25.3 Å². The molecule has 8 nitrogen and oxygen atoms in total. The van der Waals surface area contributed by atoms with E-state index in [1.807, 2.05) is 24.3 Å². The molecule has 0 fully saturated rings. The second-order valence-electron chi connectivity index (χ2n) is 6.75. The highest BCUT2D eigenvalue weighted by Crippen LogP contribution is 2.40. The molecule has 11 heteroatoms. The fourth-order valence-corrected chi connectivity index (χ4v) is 5.45. The number of anilines is 4. The first-order valence-electron chi connectivity index (χ1n) is 9.38. The summed E-state index contributed by atoms with van der Waals surface area (Å²) in [6, 6.07) is 12.5. The third-order valence-corrected chi connectivity index (χ3v) is 6.88. The zero-order valence-corrected chi connectivity index (χ0v) is 18.9. The summed E-state index contributed by atoms with van der Waals surface area (Å²) in [7, 11) is 1.61. The number of aromatic nitrogens is 1. The Morgan fingerprint density at radius 2 is 2.06 bits per heavy atom. The quantitative estimate of drug-likeness (QED) is 0.351. The van der Waals surface area contributed by atoms with Crippen LogP contribution in [0.15, 0.2) is 42.5 Å². The lowest BCUT2D eigenvalue weighted by atomic mass is 10.2. The Morgan fingerprint density at radius 1 is 1.22 bits per heavy atom.